The molecule has 0 heterocycles. The van der Waals surface area contributed by atoms with Gasteiger partial charge in [-0.25, -0.2) is 0 Å². The molecular formula is C20H28N2O4. The molecule has 0 bridgehead atoms. The molecule has 2 amide bonds. The minimum Gasteiger partial charge on any atom is -0.453 e. The van der Waals surface area contributed by atoms with Crippen LogP contribution in [-0.4, -0.2) is 23.9 Å². The number of carbonyl (C=O) groups excluding carboxylic acids is 3. The number of amides is 2. The Hall–Kier alpha value is -2.37. The van der Waals surface area contributed by atoms with E-state index in [4.69, 9.17) is 4.74 Å². The summed E-state index contributed by atoms with van der Waals surface area (Å²) in [7, 11) is 0. The Morgan fingerprint density at radius 1 is 1.04 bits per heavy atom. The Balaban J connectivity index is 1.73. The van der Waals surface area contributed by atoms with Crippen LogP contribution in [0.4, 0.5) is 11.4 Å². The fourth-order valence-electron chi connectivity index (χ4n) is 3.19. The van der Waals surface area contributed by atoms with Crippen molar-refractivity contribution in [2.75, 3.05) is 10.6 Å². The number of benzene rings is 1. The molecule has 0 saturated heterocycles. The van der Waals surface area contributed by atoms with Crippen LogP contribution in [0.3, 0.4) is 0 Å². The average molecular weight is 360 g/mol. The van der Waals surface area contributed by atoms with Crippen molar-refractivity contribution in [1.82, 2.24) is 0 Å². The van der Waals surface area contributed by atoms with Gasteiger partial charge in [-0.2, -0.15) is 0 Å². The van der Waals surface area contributed by atoms with Crippen LogP contribution >= 0.6 is 0 Å². The van der Waals surface area contributed by atoms with Crippen LogP contribution in [0.25, 0.3) is 0 Å². The normalized spacial score (nSPS) is 15.8. The van der Waals surface area contributed by atoms with Gasteiger partial charge < -0.3 is 15.4 Å². The maximum absolute atomic E-state index is 12.2. The van der Waals surface area contributed by atoms with Crippen LogP contribution < -0.4 is 10.6 Å². The number of anilines is 2. The summed E-state index contributed by atoms with van der Waals surface area (Å²) in [6, 6.07) is 6.75. The van der Waals surface area contributed by atoms with Crippen molar-refractivity contribution in [3.63, 3.8) is 0 Å². The molecule has 0 radical (unpaired) electrons. The van der Waals surface area contributed by atoms with Gasteiger partial charge in [-0.15, -0.1) is 0 Å². The first-order valence-electron chi connectivity index (χ1n) is 9.32. The number of rotatable bonds is 7. The lowest BCUT2D eigenvalue weighted by Gasteiger charge is -2.21. The Kier molecular flexibility index (Phi) is 7.63. The summed E-state index contributed by atoms with van der Waals surface area (Å²) in [4.78, 5) is 35.1. The van der Waals surface area contributed by atoms with Crippen molar-refractivity contribution >= 4 is 29.2 Å². The summed E-state index contributed by atoms with van der Waals surface area (Å²) in [5.41, 5.74) is 1.23. The van der Waals surface area contributed by atoms with E-state index in [9.17, 15) is 14.4 Å². The highest BCUT2D eigenvalue weighted by molar-refractivity contribution is 5.95. The van der Waals surface area contributed by atoms with Crippen molar-refractivity contribution in [2.45, 2.75) is 64.9 Å². The third-order valence-electron chi connectivity index (χ3n) is 4.63. The summed E-state index contributed by atoms with van der Waals surface area (Å²) in [6.45, 7) is 3.00. The van der Waals surface area contributed by atoms with Crippen molar-refractivity contribution in [2.24, 2.45) is 5.92 Å². The highest BCUT2D eigenvalue weighted by Gasteiger charge is 2.20. The molecule has 6 heteroatoms. The topological polar surface area (TPSA) is 84.5 Å². The molecule has 1 aromatic rings. The van der Waals surface area contributed by atoms with E-state index in [2.05, 4.69) is 10.6 Å². The van der Waals surface area contributed by atoms with Gasteiger partial charge in [-0.1, -0.05) is 32.1 Å². The van der Waals surface area contributed by atoms with Crippen LogP contribution in [-0.2, 0) is 19.1 Å². The molecule has 1 saturated carbocycles. The third kappa shape index (κ3) is 6.86. The lowest BCUT2D eigenvalue weighted by atomic mass is 9.86. The highest BCUT2D eigenvalue weighted by Crippen LogP contribution is 2.27. The molecule has 2 rings (SSSR count). The fraction of sp³-hybridized carbons (Fsp3) is 0.550. The van der Waals surface area contributed by atoms with Gasteiger partial charge >= 0.3 is 5.97 Å². The molecule has 0 spiro atoms. The van der Waals surface area contributed by atoms with Crippen LogP contribution in [0.1, 0.15) is 58.8 Å². The van der Waals surface area contributed by atoms with Gasteiger partial charge in [-0.05, 0) is 43.5 Å². The summed E-state index contributed by atoms with van der Waals surface area (Å²) in [5, 5.41) is 5.36. The highest BCUT2D eigenvalue weighted by atomic mass is 16.5. The number of hydrogen-bond acceptors (Lipinski definition) is 4. The lowest BCUT2D eigenvalue weighted by Crippen LogP contribution is -2.30. The second-order valence-corrected chi connectivity index (χ2v) is 6.92. The molecule has 0 aliphatic heterocycles. The van der Waals surface area contributed by atoms with Gasteiger partial charge in [0.15, 0.2) is 6.10 Å². The predicted molar refractivity (Wildman–Crippen MR) is 101 cm³/mol. The van der Waals surface area contributed by atoms with Gasteiger partial charge in [0, 0.05) is 24.7 Å². The zero-order valence-corrected chi connectivity index (χ0v) is 15.5. The molecule has 1 atom stereocenters. The number of esters is 1. The van der Waals surface area contributed by atoms with Crippen molar-refractivity contribution < 1.29 is 19.1 Å². The lowest BCUT2D eigenvalue weighted by molar-refractivity contribution is -0.153. The van der Waals surface area contributed by atoms with E-state index in [0.717, 1.165) is 6.42 Å². The zero-order valence-electron chi connectivity index (χ0n) is 15.5. The van der Waals surface area contributed by atoms with Gasteiger partial charge in [0.2, 0.25) is 5.91 Å². The summed E-state index contributed by atoms with van der Waals surface area (Å²) >= 11 is 0. The molecular weight excluding hydrogens is 332 g/mol. The molecule has 6 nitrogen and oxygen atoms in total. The molecule has 0 aromatic heterocycles. The summed E-state index contributed by atoms with van der Waals surface area (Å²) < 4.78 is 5.24. The standard InChI is InChI=1S/C20H28N2O4/c1-14(26-19(24)13-8-16-6-4-3-5-7-16)20(25)22-18-11-9-17(10-12-18)21-15(2)23/h9-12,14,16H,3-8,13H2,1-2H3,(H,21,23)(H,22,25)/t14-/m0/s1. The fourth-order valence-corrected chi connectivity index (χ4v) is 3.19. The van der Waals surface area contributed by atoms with Crippen LogP contribution in [0.15, 0.2) is 24.3 Å². The Morgan fingerprint density at radius 3 is 2.19 bits per heavy atom. The maximum Gasteiger partial charge on any atom is 0.306 e. The Bertz CT molecular complexity index is 621. The van der Waals surface area contributed by atoms with Crippen molar-refractivity contribution in [3.8, 4) is 0 Å². The van der Waals surface area contributed by atoms with E-state index in [1.807, 2.05) is 0 Å². The summed E-state index contributed by atoms with van der Waals surface area (Å²) in [6.07, 6.45) is 6.55. The minimum atomic E-state index is -0.844. The molecule has 1 fully saturated rings. The first-order chi connectivity index (χ1) is 12.4. The zero-order chi connectivity index (χ0) is 18.9. The van der Waals surface area contributed by atoms with Crippen molar-refractivity contribution in [1.29, 1.82) is 0 Å². The Morgan fingerprint density at radius 2 is 1.62 bits per heavy atom. The second kappa shape index (κ2) is 9.94. The van der Waals surface area contributed by atoms with Crippen molar-refractivity contribution in [3.05, 3.63) is 24.3 Å². The molecule has 1 aromatic carbocycles. The van der Waals surface area contributed by atoms with Gasteiger partial charge in [0.05, 0.1) is 0 Å². The SMILES string of the molecule is CC(=O)Nc1ccc(NC(=O)[C@H](C)OC(=O)CCC2CCCCC2)cc1. The quantitative estimate of drug-likeness (QED) is 0.723. The number of nitrogens with one attached hydrogen (secondary N) is 2. The monoisotopic (exact) mass is 360 g/mol. The Labute approximate surface area is 154 Å². The van der Waals surface area contributed by atoms with E-state index in [1.165, 1.54) is 39.0 Å². The van der Waals surface area contributed by atoms with Crippen LogP contribution in [0.2, 0.25) is 0 Å². The van der Waals surface area contributed by atoms with Gasteiger partial charge in [0.25, 0.3) is 5.91 Å². The van der Waals surface area contributed by atoms with E-state index in [1.54, 1.807) is 31.2 Å². The second-order valence-electron chi connectivity index (χ2n) is 6.92. The third-order valence-corrected chi connectivity index (χ3v) is 4.63. The van der Waals surface area contributed by atoms with E-state index < -0.39 is 6.10 Å². The summed E-state index contributed by atoms with van der Waals surface area (Å²) in [5.74, 6) is -0.236. The molecule has 142 valence electrons. The average Bonchev–Trinajstić information content (AvgIpc) is 2.62. The van der Waals surface area contributed by atoms with E-state index in [0.29, 0.717) is 23.7 Å². The van der Waals surface area contributed by atoms with Crippen LogP contribution in [0, 0.1) is 5.92 Å². The van der Waals surface area contributed by atoms with E-state index >= 15 is 0 Å². The predicted octanol–water partition coefficient (Wildman–Crippen LogP) is 3.88. The van der Waals surface area contributed by atoms with E-state index in [-0.39, 0.29) is 17.8 Å². The maximum atomic E-state index is 12.2. The number of hydrogen-bond donors (Lipinski definition) is 2. The molecule has 1 aliphatic rings. The minimum absolute atomic E-state index is 0.157. The molecule has 0 unspecified atom stereocenters. The number of ether oxygens (including phenoxy) is 1. The first kappa shape index (κ1) is 19.9. The smallest absolute Gasteiger partial charge is 0.306 e. The molecule has 26 heavy (non-hydrogen) atoms. The largest absolute Gasteiger partial charge is 0.453 e. The van der Waals surface area contributed by atoms with Gasteiger partial charge in [0.1, 0.15) is 0 Å². The van der Waals surface area contributed by atoms with Crippen LogP contribution in [0.5, 0.6) is 0 Å². The van der Waals surface area contributed by atoms with Gasteiger partial charge in [-0.3, -0.25) is 14.4 Å². The molecule has 2 N–H and O–H groups in total. The number of carbonyl (C=O) groups is 3. The first-order valence-corrected chi connectivity index (χ1v) is 9.32. The molecule has 1 aliphatic carbocycles.